The van der Waals surface area contributed by atoms with Crippen LogP contribution in [-0.2, 0) is 5.41 Å². The highest BCUT2D eigenvalue weighted by Crippen LogP contribution is 2.50. The van der Waals surface area contributed by atoms with Gasteiger partial charge in [-0.15, -0.1) is 0 Å². The molecule has 0 bridgehead atoms. The van der Waals surface area contributed by atoms with Crippen LogP contribution in [-0.4, -0.2) is 14.5 Å². The van der Waals surface area contributed by atoms with Crippen molar-refractivity contribution in [2.45, 2.75) is 33.1 Å². The fourth-order valence-electron chi connectivity index (χ4n) is 9.07. The molecule has 0 N–H and O–H groups in total. The third kappa shape index (κ3) is 5.65. The van der Waals surface area contributed by atoms with Gasteiger partial charge in [-0.1, -0.05) is 179 Å². The normalized spacial score (nSPS) is 12.6. The zero-order chi connectivity index (χ0) is 39.4. The standard InChI is InChI=1S/C53H37N3.C2H6/c1-53(2)46-25-12-9-22-40(46)44-31-37(28-29-47(44)53)36-20-15-21-38(30-36)43-32-39(34-16-5-3-6-17-34)33-45-41-23-11-14-27-49(41)56(51(43)45)52-54-48-26-13-10-24-42(48)50(55-52)35-18-7-4-8-19-35;1-2/h3-33H,1-2H3;1-2H3. The second-order valence-electron chi connectivity index (χ2n) is 15.4. The lowest BCUT2D eigenvalue weighted by Gasteiger charge is -2.21. The summed E-state index contributed by atoms with van der Waals surface area (Å²) in [5.74, 6) is 0.651. The van der Waals surface area contributed by atoms with Gasteiger partial charge >= 0.3 is 0 Å². The highest BCUT2D eigenvalue weighted by Gasteiger charge is 2.35. The summed E-state index contributed by atoms with van der Waals surface area (Å²) in [6.45, 7) is 8.67. The molecule has 0 radical (unpaired) electrons. The Morgan fingerprint density at radius 2 is 1.00 bits per heavy atom. The van der Waals surface area contributed by atoms with Gasteiger partial charge in [0.15, 0.2) is 0 Å². The van der Waals surface area contributed by atoms with E-state index < -0.39 is 0 Å². The van der Waals surface area contributed by atoms with Crippen LogP contribution in [0.2, 0.25) is 0 Å². The van der Waals surface area contributed by atoms with Gasteiger partial charge in [-0.05, 0) is 86.5 Å². The molecule has 3 nitrogen and oxygen atoms in total. The van der Waals surface area contributed by atoms with Crippen molar-refractivity contribution < 1.29 is 0 Å². The van der Waals surface area contributed by atoms with E-state index in [1.165, 1.54) is 44.5 Å². The first-order valence-electron chi connectivity index (χ1n) is 20.3. The zero-order valence-electron chi connectivity index (χ0n) is 33.2. The van der Waals surface area contributed by atoms with E-state index in [4.69, 9.17) is 9.97 Å². The van der Waals surface area contributed by atoms with Crippen LogP contribution in [0.15, 0.2) is 188 Å². The number of fused-ring (bicyclic) bond motifs is 7. The van der Waals surface area contributed by atoms with Gasteiger partial charge < -0.3 is 0 Å². The van der Waals surface area contributed by atoms with E-state index >= 15 is 0 Å². The Morgan fingerprint density at radius 3 is 1.81 bits per heavy atom. The van der Waals surface area contributed by atoms with Crippen molar-refractivity contribution in [2.75, 3.05) is 0 Å². The smallest absolute Gasteiger partial charge is 0.235 e. The van der Waals surface area contributed by atoms with Crippen molar-refractivity contribution in [3.05, 3.63) is 199 Å². The molecule has 0 fully saturated rings. The monoisotopic (exact) mass is 745 g/mol. The van der Waals surface area contributed by atoms with E-state index in [0.717, 1.165) is 55.1 Å². The molecule has 11 rings (SSSR count). The number of rotatable bonds is 5. The van der Waals surface area contributed by atoms with E-state index in [0.29, 0.717) is 5.95 Å². The summed E-state index contributed by atoms with van der Waals surface area (Å²) < 4.78 is 2.29. The molecule has 0 atom stereocenters. The molecule has 278 valence electrons. The molecule has 0 amide bonds. The number of nitrogens with zero attached hydrogens (tertiary/aromatic N) is 3. The van der Waals surface area contributed by atoms with Gasteiger partial charge in [-0.2, -0.15) is 0 Å². The van der Waals surface area contributed by atoms with Crippen molar-refractivity contribution in [3.8, 4) is 61.7 Å². The van der Waals surface area contributed by atoms with Crippen molar-refractivity contribution in [3.63, 3.8) is 0 Å². The lowest BCUT2D eigenvalue weighted by atomic mass is 9.82. The fourth-order valence-corrected chi connectivity index (χ4v) is 9.07. The molecule has 0 saturated carbocycles. The van der Waals surface area contributed by atoms with Gasteiger partial charge in [0.2, 0.25) is 5.95 Å². The highest BCUT2D eigenvalue weighted by molar-refractivity contribution is 6.15. The van der Waals surface area contributed by atoms with Gasteiger partial charge in [0, 0.05) is 32.7 Å². The van der Waals surface area contributed by atoms with Crippen LogP contribution in [0.1, 0.15) is 38.8 Å². The Kier molecular flexibility index (Phi) is 8.60. The van der Waals surface area contributed by atoms with Gasteiger partial charge in [0.1, 0.15) is 0 Å². The molecule has 2 heterocycles. The molecule has 0 aliphatic heterocycles. The van der Waals surface area contributed by atoms with Crippen LogP contribution in [0.4, 0.5) is 0 Å². The number of hydrogen-bond acceptors (Lipinski definition) is 2. The maximum atomic E-state index is 5.41. The molecular formula is C55H43N3. The molecule has 8 aromatic carbocycles. The Hall–Kier alpha value is -7.10. The first-order chi connectivity index (χ1) is 28.5. The van der Waals surface area contributed by atoms with Crippen LogP contribution < -0.4 is 0 Å². The maximum absolute atomic E-state index is 5.41. The third-order valence-electron chi connectivity index (χ3n) is 11.8. The Balaban J connectivity index is 0.00000201. The summed E-state index contributed by atoms with van der Waals surface area (Å²) in [5, 5.41) is 3.36. The van der Waals surface area contributed by atoms with E-state index in [1.54, 1.807) is 0 Å². The van der Waals surface area contributed by atoms with E-state index in [2.05, 4.69) is 200 Å². The molecule has 3 heteroatoms. The van der Waals surface area contributed by atoms with Crippen LogP contribution in [0, 0.1) is 0 Å². The number of aromatic nitrogens is 3. The topological polar surface area (TPSA) is 30.7 Å². The Morgan fingerprint density at radius 1 is 0.397 bits per heavy atom. The number of benzene rings is 8. The van der Waals surface area contributed by atoms with Crippen LogP contribution >= 0.6 is 0 Å². The fraction of sp³-hybridized carbons (Fsp3) is 0.0909. The Labute approximate surface area is 340 Å². The largest absolute Gasteiger partial charge is 0.277 e. The molecule has 1 aliphatic rings. The van der Waals surface area contributed by atoms with E-state index in [1.807, 2.05) is 19.9 Å². The first kappa shape index (κ1) is 35.3. The van der Waals surface area contributed by atoms with Crippen molar-refractivity contribution in [1.82, 2.24) is 14.5 Å². The van der Waals surface area contributed by atoms with Gasteiger partial charge in [-0.25, -0.2) is 9.97 Å². The molecule has 0 saturated heterocycles. The minimum Gasteiger partial charge on any atom is -0.277 e. The molecule has 0 unspecified atom stereocenters. The summed E-state index contributed by atoms with van der Waals surface area (Å²) in [4.78, 5) is 10.7. The predicted octanol–water partition coefficient (Wildman–Crippen LogP) is 14.7. The average Bonchev–Trinajstić information content (AvgIpc) is 3.75. The molecule has 2 aromatic heterocycles. The second-order valence-corrected chi connectivity index (χ2v) is 15.4. The summed E-state index contributed by atoms with van der Waals surface area (Å²) in [6.07, 6.45) is 0. The summed E-state index contributed by atoms with van der Waals surface area (Å²) in [6, 6.07) is 67.8. The van der Waals surface area contributed by atoms with Crippen molar-refractivity contribution in [2.24, 2.45) is 0 Å². The van der Waals surface area contributed by atoms with Gasteiger partial charge in [-0.3, -0.25) is 4.57 Å². The molecular weight excluding hydrogens is 703 g/mol. The molecule has 10 aromatic rings. The summed E-state index contributed by atoms with van der Waals surface area (Å²) >= 11 is 0. The van der Waals surface area contributed by atoms with E-state index in [-0.39, 0.29) is 5.41 Å². The summed E-state index contributed by atoms with van der Waals surface area (Å²) in [7, 11) is 0. The van der Waals surface area contributed by atoms with Gasteiger partial charge in [0.25, 0.3) is 0 Å². The van der Waals surface area contributed by atoms with Crippen LogP contribution in [0.25, 0.3) is 94.4 Å². The third-order valence-corrected chi connectivity index (χ3v) is 11.8. The maximum Gasteiger partial charge on any atom is 0.235 e. The lowest BCUT2D eigenvalue weighted by Crippen LogP contribution is -2.14. The van der Waals surface area contributed by atoms with Crippen molar-refractivity contribution >= 4 is 32.7 Å². The summed E-state index contributed by atoms with van der Waals surface area (Å²) in [5.41, 5.74) is 17.4. The predicted molar refractivity (Wildman–Crippen MR) is 245 cm³/mol. The van der Waals surface area contributed by atoms with Crippen molar-refractivity contribution in [1.29, 1.82) is 0 Å². The molecule has 0 spiro atoms. The minimum absolute atomic E-state index is 0.0333. The van der Waals surface area contributed by atoms with E-state index in [9.17, 15) is 0 Å². The number of para-hydroxylation sites is 2. The highest BCUT2D eigenvalue weighted by atomic mass is 15.2. The molecule has 58 heavy (non-hydrogen) atoms. The SMILES string of the molecule is CC.CC1(C)c2ccccc2-c2cc(-c3cccc(-c4cc(-c5ccccc5)cc5c6ccccc6n(-c6nc(-c7ccccc7)c7ccccc7n6)c45)c3)ccc21. The van der Waals surface area contributed by atoms with Crippen LogP contribution in [0.5, 0.6) is 0 Å². The quantitative estimate of drug-likeness (QED) is 0.176. The van der Waals surface area contributed by atoms with Crippen LogP contribution in [0.3, 0.4) is 0 Å². The minimum atomic E-state index is -0.0333. The second kappa shape index (κ2) is 14.1. The first-order valence-corrected chi connectivity index (χ1v) is 20.3. The molecule has 1 aliphatic carbocycles. The average molecular weight is 746 g/mol. The van der Waals surface area contributed by atoms with Gasteiger partial charge in [0.05, 0.1) is 22.2 Å². The lowest BCUT2D eigenvalue weighted by molar-refractivity contribution is 0.660. The Bertz CT molecular complexity index is 3150. The number of hydrogen-bond donors (Lipinski definition) is 0. The zero-order valence-corrected chi connectivity index (χ0v) is 33.2.